The van der Waals surface area contributed by atoms with Crippen LogP contribution in [0.5, 0.6) is 0 Å². The molecule has 2 aromatic rings. The second kappa shape index (κ2) is 5.92. The zero-order valence-electron chi connectivity index (χ0n) is 10.9. The van der Waals surface area contributed by atoms with Gasteiger partial charge in [-0.25, -0.2) is 4.98 Å². The first-order chi connectivity index (χ1) is 9.58. The van der Waals surface area contributed by atoms with Gasteiger partial charge in [0.2, 0.25) is 5.91 Å². The molecule has 0 radical (unpaired) electrons. The van der Waals surface area contributed by atoms with Crippen molar-refractivity contribution in [3.63, 3.8) is 0 Å². The third-order valence-electron chi connectivity index (χ3n) is 2.71. The van der Waals surface area contributed by atoms with Crippen molar-refractivity contribution in [2.24, 2.45) is 5.73 Å². The maximum atomic E-state index is 12.0. The summed E-state index contributed by atoms with van der Waals surface area (Å²) in [6.45, 7) is 1.77. The molecule has 0 saturated carbocycles. The predicted octanol–water partition coefficient (Wildman–Crippen LogP) is 0.741. The molecule has 20 heavy (non-hydrogen) atoms. The van der Waals surface area contributed by atoms with Gasteiger partial charge in [0.1, 0.15) is 11.7 Å². The number of carbonyl (C=O) groups is 2. The highest BCUT2D eigenvalue weighted by molar-refractivity contribution is 5.95. The molecule has 0 saturated heterocycles. The van der Waals surface area contributed by atoms with E-state index < -0.39 is 17.9 Å². The molecule has 1 atom stereocenters. The fourth-order valence-electron chi connectivity index (χ4n) is 1.68. The Kier molecular flexibility index (Phi) is 4.05. The van der Waals surface area contributed by atoms with Gasteiger partial charge in [0, 0.05) is 6.20 Å². The molecule has 102 valence electrons. The van der Waals surface area contributed by atoms with Crippen LogP contribution in [0.25, 0.3) is 0 Å². The fraction of sp³-hybridized carbons (Fsp3) is 0.143. The van der Waals surface area contributed by atoms with Crippen molar-refractivity contribution in [3.05, 3.63) is 59.7 Å². The van der Waals surface area contributed by atoms with Crippen LogP contribution in [0.15, 0.2) is 42.7 Å². The van der Waals surface area contributed by atoms with E-state index in [1.807, 2.05) is 6.07 Å². The van der Waals surface area contributed by atoms with Crippen molar-refractivity contribution < 1.29 is 9.59 Å². The zero-order chi connectivity index (χ0) is 14.5. The molecule has 1 unspecified atom stereocenters. The smallest absolute Gasteiger partial charge is 0.272 e. The number of aromatic nitrogens is 2. The minimum Gasteiger partial charge on any atom is -0.368 e. The summed E-state index contributed by atoms with van der Waals surface area (Å²) < 4.78 is 0. The Morgan fingerprint density at radius 3 is 2.40 bits per heavy atom. The number of hydrogen-bond acceptors (Lipinski definition) is 4. The van der Waals surface area contributed by atoms with Crippen LogP contribution in [-0.4, -0.2) is 21.8 Å². The second-order valence-electron chi connectivity index (χ2n) is 4.26. The molecule has 0 fully saturated rings. The van der Waals surface area contributed by atoms with Gasteiger partial charge in [0.25, 0.3) is 5.91 Å². The third kappa shape index (κ3) is 3.17. The summed E-state index contributed by atoms with van der Waals surface area (Å²) in [5.41, 5.74) is 6.79. The summed E-state index contributed by atoms with van der Waals surface area (Å²) in [5, 5.41) is 2.55. The summed E-state index contributed by atoms with van der Waals surface area (Å²) in [5.74, 6) is -1.13. The second-order valence-corrected chi connectivity index (χ2v) is 4.26. The first-order valence-electron chi connectivity index (χ1n) is 6.01. The van der Waals surface area contributed by atoms with Crippen molar-refractivity contribution >= 4 is 11.8 Å². The summed E-state index contributed by atoms with van der Waals surface area (Å²) in [6.07, 6.45) is 2.84. The van der Waals surface area contributed by atoms with Gasteiger partial charge in [0.05, 0.1) is 11.9 Å². The molecule has 6 heteroatoms. The predicted molar refractivity (Wildman–Crippen MR) is 72.6 cm³/mol. The summed E-state index contributed by atoms with van der Waals surface area (Å²) in [4.78, 5) is 31.5. The number of aryl methyl sites for hydroxylation is 1. The molecule has 2 rings (SSSR count). The van der Waals surface area contributed by atoms with Crippen molar-refractivity contribution in [2.75, 3.05) is 0 Å². The van der Waals surface area contributed by atoms with Gasteiger partial charge in [-0.05, 0) is 12.5 Å². The van der Waals surface area contributed by atoms with Crippen LogP contribution < -0.4 is 11.1 Å². The average molecular weight is 270 g/mol. The fourth-order valence-corrected chi connectivity index (χ4v) is 1.68. The molecular weight excluding hydrogens is 256 g/mol. The largest absolute Gasteiger partial charge is 0.368 e. The standard InChI is InChI=1S/C14H14N4O2/c1-9-7-17-11(8-16-9)14(20)18-12(13(15)19)10-5-3-2-4-6-10/h2-8,12H,1H3,(H2,15,19)(H,18,20). The number of amides is 2. The maximum absolute atomic E-state index is 12.0. The quantitative estimate of drug-likeness (QED) is 0.856. The van der Waals surface area contributed by atoms with Crippen molar-refractivity contribution in [2.45, 2.75) is 13.0 Å². The third-order valence-corrected chi connectivity index (χ3v) is 2.71. The molecule has 0 aliphatic carbocycles. The summed E-state index contributed by atoms with van der Waals surface area (Å²) in [7, 11) is 0. The Morgan fingerprint density at radius 1 is 1.15 bits per heavy atom. The Morgan fingerprint density at radius 2 is 1.85 bits per heavy atom. The van der Waals surface area contributed by atoms with Gasteiger partial charge in [0.15, 0.2) is 0 Å². The molecule has 3 N–H and O–H groups in total. The summed E-state index contributed by atoms with van der Waals surface area (Å²) in [6, 6.07) is 7.89. The van der Waals surface area contributed by atoms with Crippen LogP contribution in [0.3, 0.4) is 0 Å². The van der Waals surface area contributed by atoms with Gasteiger partial charge in [-0.3, -0.25) is 14.6 Å². The normalized spacial score (nSPS) is 11.7. The van der Waals surface area contributed by atoms with Gasteiger partial charge < -0.3 is 11.1 Å². The number of nitrogens with zero attached hydrogens (tertiary/aromatic N) is 2. The Bertz CT molecular complexity index is 611. The molecular formula is C14H14N4O2. The molecule has 1 heterocycles. The van der Waals surface area contributed by atoms with Crippen LogP contribution in [0.2, 0.25) is 0 Å². The first kappa shape index (κ1) is 13.7. The van der Waals surface area contributed by atoms with Gasteiger partial charge in [-0.15, -0.1) is 0 Å². The van der Waals surface area contributed by atoms with E-state index in [0.717, 1.165) is 0 Å². The zero-order valence-corrected chi connectivity index (χ0v) is 10.9. The lowest BCUT2D eigenvalue weighted by Gasteiger charge is -2.15. The number of nitrogens with two attached hydrogens (primary N) is 1. The maximum Gasteiger partial charge on any atom is 0.272 e. The van der Waals surface area contributed by atoms with Gasteiger partial charge in [-0.2, -0.15) is 0 Å². The topological polar surface area (TPSA) is 98.0 Å². The number of benzene rings is 1. The van der Waals surface area contributed by atoms with Crippen LogP contribution in [0.4, 0.5) is 0 Å². The van der Waals surface area contributed by atoms with Crippen LogP contribution in [0.1, 0.15) is 27.8 Å². The van der Waals surface area contributed by atoms with E-state index in [-0.39, 0.29) is 5.69 Å². The lowest BCUT2D eigenvalue weighted by atomic mass is 10.1. The van der Waals surface area contributed by atoms with Crippen molar-refractivity contribution in [3.8, 4) is 0 Å². The van der Waals surface area contributed by atoms with E-state index >= 15 is 0 Å². The lowest BCUT2D eigenvalue weighted by Crippen LogP contribution is -2.37. The van der Waals surface area contributed by atoms with Crippen LogP contribution >= 0.6 is 0 Å². The number of primary amides is 1. The van der Waals surface area contributed by atoms with E-state index in [2.05, 4.69) is 15.3 Å². The highest BCUT2D eigenvalue weighted by Gasteiger charge is 2.21. The molecule has 2 amide bonds. The molecule has 0 bridgehead atoms. The number of hydrogen-bond donors (Lipinski definition) is 2. The minimum absolute atomic E-state index is 0.137. The molecule has 1 aromatic heterocycles. The van der Waals surface area contributed by atoms with Crippen molar-refractivity contribution in [1.29, 1.82) is 0 Å². The molecule has 6 nitrogen and oxygen atoms in total. The first-order valence-corrected chi connectivity index (χ1v) is 6.01. The lowest BCUT2D eigenvalue weighted by molar-refractivity contribution is -0.120. The van der Waals surface area contributed by atoms with E-state index in [4.69, 9.17) is 5.73 Å². The SMILES string of the molecule is Cc1cnc(C(=O)NC(C(N)=O)c2ccccc2)cn1. The Labute approximate surface area is 116 Å². The van der Waals surface area contributed by atoms with E-state index in [1.165, 1.54) is 12.4 Å². The van der Waals surface area contributed by atoms with Gasteiger partial charge in [-0.1, -0.05) is 30.3 Å². The van der Waals surface area contributed by atoms with E-state index in [1.54, 1.807) is 31.2 Å². The van der Waals surface area contributed by atoms with Crippen molar-refractivity contribution in [1.82, 2.24) is 15.3 Å². The van der Waals surface area contributed by atoms with Crippen LogP contribution in [0, 0.1) is 6.92 Å². The van der Waals surface area contributed by atoms with E-state index in [0.29, 0.717) is 11.3 Å². The molecule has 0 aliphatic heterocycles. The number of nitrogens with one attached hydrogen (secondary N) is 1. The molecule has 0 aliphatic rings. The minimum atomic E-state index is -0.896. The molecule has 1 aromatic carbocycles. The summed E-state index contributed by atoms with van der Waals surface area (Å²) >= 11 is 0. The van der Waals surface area contributed by atoms with Crippen LogP contribution in [-0.2, 0) is 4.79 Å². The molecule has 0 spiro atoms. The number of rotatable bonds is 4. The Balaban J connectivity index is 2.19. The highest BCUT2D eigenvalue weighted by Crippen LogP contribution is 2.12. The highest BCUT2D eigenvalue weighted by atomic mass is 16.2. The average Bonchev–Trinajstić information content (AvgIpc) is 2.46. The monoisotopic (exact) mass is 270 g/mol. The number of carbonyl (C=O) groups excluding carboxylic acids is 2. The van der Waals surface area contributed by atoms with E-state index in [9.17, 15) is 9.59 Å². The Hall–Kier alpha value is -2.76. The van der Waals surface area contributed by atoms with Gasteiger partial charge >= 0.3 is 0 Å².